The molecule has 248 valence electrons. The van der Waals surface area contributed by atoms with Gasteiger partial charge in [-0.25, -0.2) is 19.3 Å². The maximum Gasteiger partial charge on any atom is 0.166 e. The van der Waals surface area contributed by atoms with Gasteiger partial charge in [0.2, 0.25) is 0 Å². The van der Waals surface area contributed by atoms with Crippen LogP contribution in [0.4, 0.5) is 4.39 Å². The number of aryl methyl sites for hydroxylation is 2. The average molecular weight is 673 g/mol. The summed E-state index contributed by atoms with van der Waals surface area (Å²) >= 11 is 0. The van der Waals surface area contributed by atoms with Crippen molar-refractivity contribution in [1.82, 2.24) is 19.5 Å². The second-order valence-electron chi connectivity index (χ2n) is 13.2. The van der Waals surface area contributed by atoms with E-state index in [0.29, 0.717) is 17.5 Å². The van der Waals surface area contributed by atoms with E-state index in [1.165, 1.54) is 22.8 Å². The van der Waals surface area contributed by atoms with Gasteiger partial charge in [-0.2, -0.15) is 0 Å². The molecule has 0 saturated heterocycles. The van der Waals surface area contributed by atoms with E-state index in [2.05, 4.69) is 91.2 Å². The molecule has 9 aromatic rings. The smallest absolute Gasteiger partial charge is 0.166 e. The molecule has 7 aromatic carbocycles. The molecule has 5 heteroatoms. The molecule has 0 N–H and O–H groups in total. The van der Waals surface area contributed by atoms with E-state index < -0.39 is 0 Å². The van der Waals surface area contributed by atoms with E-state index in [1.54, 1.807) is 12.1 Å². The lowest BCUT2D eigenvalue weighted by Crippen LogP contribution is -2.04. The molecule has 0 atom stereocenters. The van der Waals surface area contributed by atoms with Crippen molar-refractivity contribution in [1.29, 1.82) is 0 Å². The summed E-state index contributed by atoms with van der Waals surface area (Å²) in [5.41, 5.74) is 12.1. The van der Waals surface area contributed by atoms with Crippen LogP contribution < -0.4 is 0 Å². The van der Waals surface area contributed by atoms with Gasteiger partial charge >= 0.3 is 0 Å². The van der Waals surface area contributed by atoms with Gasteiger partial charge in [-0.05, 0) is 78.1 Å². The van der Waals surface area contributed by atoms with Gasteiger partial charge in [-0.15, -0.1) is 0 Å². The van der Waals surface area contributed by atoms with Gasteiger partial charge in [0.25, 0.3) is 0 Å². The third kappa shape index (κ3) is 5.62. The predicted molar refractivity (Wildman–Crippen MR) is 211 cm³/mol. The number of para-hydroxylation sites is 1. The van der Waals surface area contributed by atoms with E-state index in [1.807, 2.05) is 72.8 Å². The number of fused-ring (bicyclic) bond motifs is 3. The van der Waals surface area contributed by atoms with Crippen molar-refractivity contribution in [2.75, 3.05) is 0 Å². The number of aromatic nitrogens is 4. The second-order valence-corrected chi connectivity index (χ2v) is 13.2. The fourth-order valence-corrected chi connectivity index (χ4v) is 7.22. The summed E-state index contributed by atoms with van der Waals surface area (Å²) in [6.07, 6.45) is 0. The molecule has 0 bridgehead atoms. The Bertz CT molecular complexity index is 2710. The molecule has 0 aliphatic rings. The normalized spacial score (nSPS) is 11.4. The summed E-state index contributed by atoms with van der Waals surface area (Å²) in [6.45, 7) is 4.29. The summed E-state index contributed by atoms with van der Waals surface area (Å²) in [7, 11) is 0. The summed E-state index contributed by atoms with van der Waals surface area (Å²) in [4.78, 5) is 15.2. The maximum atomic E-state index is 14.6. The number of benzene rings is 7. The first kappa shape index (κ1) is 31.3. The molecule has 0 radical (unpaired) electrons. The van der Waals surface area contributed by atoms with Crippen molar-refractivity contribution in [3.63, 3.8) is 0 Å². The van der Waals surface area contributed by atoms with E-state index in [0.717, 1.165) is 60.9 Å². The van der Waals surface area contributed by atoms with Crippen LogP contribution in [0.3, 0.4) is 0 Å². The van der Waals surface area contributed by atoms with Crippen molar-refractivity contribution in [2.45, 2.75) is 13.8 Å². The zero-order valence-corrected chi connectivity index (χ0v) is 28.8. The molecule has 0 spiro atoms. The minimum atomic E-state index is -0.282. The van der Waals surface area contributed by atoms with Gasteiger partial charge in [0.1, 0.15) is 5.82 Å². The van der Waals surface area contributed by atoms with Crippen LogP contribution in [0.1, 0.15) is 11.1 Å². The molecular weight excluding hydrogens is 640 g/mol. The van der Waals surface area contributed by atoms with E-state index >= 15 is 0 Å². The number of hydrogen-bond acceptors (Lipinski definition) is 3. The molecule has 2 heterocycles. The predicted octanol–water partition coefficient (Wildman–Crippen LogP) is 12.1. The van der Waals surface area contributed by atoms with Crippen LogP contribution in [-0.4, -0.2) is 19.5 Å². The van der Waals surface area contributed by atoms with Gasteiger partial charge in [0.05, 0.1) is 16.7 Å². The highest BCUT2D eigenvalue weighted by molar-refractivity contribution is 6.11. The van der Waals surface area contributed by atoms with Crippen molar-refractivity contribution in [3.05, 3.63) is 181 Å². The first-order valence-electron chi connectivity index (χ1n) is 17.4. The first-order chi connectivity index (χ1) is 25.5. The van der Waals surface area contributed by atoms with Crippen molar-refractivity contribution in [3.8, 4) is 62.1 Å². The number of hydrogen-bond donors (Lipinski definition) is 0. The SMILES string of the molecule is Cc1ccc(-c2ccc3c4ccccc4n(-c4cc(-c5cccc(F)c5)ccc4-c4nc(-c5ccccc5)nc(-c5ccccc5)n4)c3c2)c(C)c1. The molecule has 0 aliphatic carbocycles. The lowest BCUT2D eigenvalue weighted by atomic mass is 9.97. The fraction of sp³-hybridized carbons (Fsp3) is 0.0426. The molecule has 9 rings (SSSR count). The Labute approximate surface area is 301 Å². The monoisotopic (exact) mass is 672 g/mol. The zero-order chi connectivity index (χ0) is 35.2. The van der Waals surface area contributed by atoms with Crippen LogP contribution in [0.15, 0.2) is 164 Å². The summed E-state index contributed by atoms with van der Waals surface area (Å²) in [5, 5.41) is 2.27. The van der Waals surface area contributed by atoms with Gasteiger partial charge in [0.15, 0.2) is 17.5 Å². The van der Waals surface area contributed by atoms with Crippen molar-refractivity contribution >= 4 is 21.8 Å². The summed E-state index contributed by atoms with van der Waals surface area (Å²) in [6, 6.07) is 54.8. The van der Waals surface area contributed by atoms with Crippen LogP contribution >= 0.6 is 0 Å². The first-order valence-corrected chi connectivity index (χ1v) is 17.4. The molecule has 4 nitrogen and oxygen atoms in total. The lowest BCUT2D eigenvalue weighted by molar-refractivity contribution is 0.628. The Morgan fingerprint density at radius 2 is 1.02 bits per heavy atom. The molecule has 0 amide bonds. The summed E-state index contributed by atoms with van der Waals surface area (Å²) < 4.78 is 16.9. The van der Waals surface area contributed by atoms with Crippen LogP contribution in [-0.2, 0) is 0 Å². The van der Waals surface area contributed by atoms with Crippen molar-refractivity contribution < 1.29 is 4.39 Å². The number of halogens is 1. The highest BCUT2D eigenvalue weighted by Crippen LogP contribution is 2.40. The Hall–Kier alpha value is -6.72. The van der Waals surface area contributed by atoms with Crippen LogP contribution in [0, 0.1) is 19.7 Å². The highest BCUT2D eigenvalue weighted by atomic mass is 19.1. The van der Waals surface area contributed by atoms with Gasteiger partial charge < -0.3 is 4.57 Å². The number of rotatable bonds is 6. The zero-order valence-electron chi connectivity index (χ0n) is 28.8. The summed E-state index contributed by atoms with van der Waals surface area (Å²) in [5.74, 6) is 1.44. The van der Waals surface area contributed by atoms with Crippen LogP contribution in [0.5, 0.6) is 0 Å². The third-order valence-electron chi connectivity index (χ3n) is 9.70. The number of nitrogens with zero attached hydrogens (tertiary/aromatic N) is 4. The maximum absolute atomic E-state index is 14.6. The quantitative estimate of drug-likeness (QED) is 0.177. The molecule has 0 unspecified atom stereocenters. The van der Waals surface area contributed by atoms with E-state index in [-0.39, 0.29) is 5.82 Å². The van der Waals surface area contributed by atoms with Gasteiger partial charge in [-0.1, -0.05) is 133 Å². The van der Waals surface area contributed by atoms with Gasteiger partial charge in [0, 0.05) is 27.5 Å². The van der Waals surface area contributed by atoms with E-state index in [9.17, 15) is 4.39 Å². The van der Waals surface area contributed by atoms with Crippen molar-refractivity contribution in [2.24, 2.45) is 0 Å². The fourth-order valence-electron chi connectivity index (χ4n) is 7.22. The molecule has 2 aromatic heterocycles. The van der Waals surface area contributed by atoms with Crippen LogP contribution in [0.2, 0.25) is 0 Å². The Morgan fingerprint density at radius 3 is 1.73 bits per heavy atom. The standard InChI is InChI=1S/C47H33FN4/c1-30-20-23-38(31(2)26-30)36-22-24-40-39-18-9-10-19-42(39)52(43(40)29-36)44-28-35(34-16-11-17-37(48)27-34)21-25-41(44)47-50-45(32-12-5-3-6-13-32)49-46(51-47)33-14-7-4-8-15-33/h3-29H,1-2H3. The lowest BCUT2D eigenvalue weighted by Gasteiger charge is -2.17. The third-order valence-corrected chi connectivity index (χ3v) is 9.70. The Morgan fingerprint density at radius 1 is 0.423 bits per heavy atom. The molecule has 0 fully saturated rings. The highest BCUT2D eigenvalue weighted by Gasteiger charge is 2.21. The Balaban J connectivity index is 1.36. The minimum Gasteiger partial charge on any atom is -0.308 e. The second kappa shape index (κ2) is 12.9. The van der Waals surface area contributed by atoms with Crippen LogP contribution in [0.25, 0.3) is 83.9 Å². The minimum absolute atomic E-state index is 0.282. The van der Waals surface area contributed by atoms with Gasteiger partial charge in [-0.3, -0.25) is 0 Å². The topological polar surface area (TPSA) is 43.6 Å². The van der Waals surface area contributed by atoms with E-state index in [4.69, 9.17) is 15.0 Å². The largest absolute Gasteiger partial charge is 0.308 e. The Kier molecular flexibility index (Phi) is 7.74. The molecule has 52 heavy (non-hydrogen) atoms. The molecular formula is C47H33FN4. The average Bonchev–Trinajstić information content (AvgIpc) is 3.51. The molecule has 0 saturated carbocycles. The molecule has 0 aliphatic heterocycles.